The van der Waals surface area contributed by atoms with Crippen molar-refractivity contribution < 1.29 is 4.79 Å². The van der Waals surface area contributed by atoms with Crippen LogP contribution in [0, 0.1) is 0 Å². The number of para-hydroxylation sites is 1. The number of halogens is 1. The largest absolute Gasteiger partial charge is 0.351 e. The number of aromatic nitrogens is 4. The van der Waals surface area contributed by atoms with Crippen LogP contribution in [0.25, 0.3) is 16.6 Å². The Kier molecular flexibility index (Phi) is 4.34. The van der Waals surface area contributed by atoms with E-state index in [2.05, 4.69) is 31.3 Å². The smallest absolute Gasteiger partial charge is 0.350 e. The van der Waals surface area contributed by atoms with Crippen molar-refractivity contribution in [3.63, 3.8) is 0 Å². The zero-order valence-corrected chi connectivity index (χ0v) is 15.4. The second-order valence-corrected chi connectivity index (χ2v) is 6.70. The molecule has 0 aliphatic heterocycles. The molecule has 0 unspecified atom stereocenters. The Bertz CT molecular complexity index is 1160. The highest BCUT2D eigenvalue weighted by Crippen LogP contribution is 2.27. The first-order valence-corrected chi connectivity index (χ1v) is 9.03. The lowest BCUT2D eigenvalue weighted by molar-refractivity contribution is 0.0947. The molecule has 7 nitrogen and oxygen atoms in total. The van der Waals surface area contributed by atoms with Gasteiger partial charge in [0.2, 0.25) is 0 Å². The highest BCUT2D eigenvalue weighted by Gasteiger charge is 2.15. The third kappa shape index (κ3) is 2.92. The zero-order valence-electron chi connectivity index (χ0n) is 13.8. The molecule has 0 spiro atoms. The number of H-pyrrole nitrogens is 1. The first-order chi connectivity index (χ1) is 12.6. The summed E-state index contributed by atoms with van der Waals surface area (Å²) < 4.78 is 3.67. The number of pyridine rings is 1. The van der Waals surface area contributed by atoms with Crippen LogP contribution in [0.5, 0.6) is 0 Å². The fraction of sp³-hybridized carbons (Fsp3) is 0.167. The monoisotopic (exact) mass is 413 g/mol. The minimum Gasteiger partial charge on any atom is -0.351 e. The average Bonchev–Trinajstić information content (AvgIpc) is 3.17. The maximum Gasteiger partial charge on any atom is 0.350 e. The predicted molar refractivity (Wildman–Crippen MR) is 102 cm³/mol. The molecule has 132 valence electrons. The van der Waals surface area contributed by atoms with Gasteiger partial charge in [-0.2, -0.15) is 0 Å². The molecule has 0 fully saturated rings. The van der Waals surface area contributed by atoms with E-state index in [9.17, 15) is 9.59 Å². The van der Waals surface area contributed by atoms with Crippen molar-refractivity contribution in [1.29, 1.82) is 0 Å². The number of nitrogens with zero attached hydrogens (tertiary/aromatic N) is 3. The van der Waals surface area contributed by atoms with E-state index in [1.165, 1.54) is 9.08 Å². The standard InChI is InChI=1S/C18H16BrN5O2/c19-15-12-6-1-2-7-13(12)21-16(15)17(25)20-9-5-11-24-18(26)23-10-4-3-8-14(23)22-24/h1-4,6-8,10,21H,5,9,11H2,(H,20,25). The molecule has 0 radical (unpaired) electrons. The number of amides is 1. The van der Waals surface area contributed by atoms with Gasteiger partial charge < -0.3 is 10.3 Å². The average molecular weight is 414 g/mol. The van der Waals surface area contributed by atoms with Crippen LogP contribution in [0.3, 0.4) is 0 Å². The summed E-state index contributed by atoms with van der Waals surface area (Å²) in [5, 5.41) is 8.11. The Morgan fingerprint density at radius 3 is 2.81 bits per heavy atom. The summed E-state index contributed by atoms with van der Waals surface area (Å²) in [6.07, 6.45) is 2.30. The Labute approximate surface area is 156 Å². The second-order valence-electron chi connectivity index (χ2n) is 5.90. The van der Waals surface area contributed by atoms with Crippen LogP contribution in [-0.4, -0.2) is 31.6 Å². The Morgan fingerprint density at radius 1 is 1.19 bits per heavy atom. The Hall–Kier alpha value is -2.87. The summed E-state index contributed by atoms with van der Waals surface area (Å²) in [5.74, 6) is -0.185. The normalized spacial score (nSPS) is 11.3. The fourth-order valence-corrected chi connectivity index (χ4v) is 3.52. The maximum absolute atomic E-state index is 12.4. The summed E-state index contributed by atoms with van der Waals surface area (Å²) in [6.45, 7) is 0.885. The molecular formula is C18H16BrN5O2. The third-order valence-electron chi connectivity index (χ3n) is 4.19. The lowest BCUT2D eigenvalue weighted by Gasteiger charge is -2.04. The number of hydrogen-bond acceptors (Lipinski definition) is 3. The molecule has 8 heteroatoms. The van der Waals surface area contributed by atoms with Crippen LogP contribution in [0.1, 0.15) is 16.9 Å². The van der Waals surface area contributed by atoms with E-state index < -0.39 is 0 Å². The Morgan fingerprint density at radius 2 is 2.00 bits per heavy atom. The van der Waals surface area contributed by atoms with Gasteiger partial charge in [0.05, 0.1) is 4.47 Å². The van der Waals surface area contributed by atoms with Gasteiger partial charge in [-0.25, -0.2) is 9.48 Å². The zero-order chi connectivity index (χ0) is 18.1. The molecule has 3 aromatic heterocycles. The van der Waals surface area contributed by atoms with Crippen LogP contribution >= 0.6 is 15.9 Å². The number of hydrogen-bond donors (Lipinski definition) is 2. The van der Waals surface area contributed by atoms with E-state index in [0.29, 0.717) is 30.9 Å². The third-order valence-corrected chi connectivity index (χ3v) is 5.01. The molecule has 4 aromatic rings. The van der Waals surface area contributed by atoms with Crippen LogP contribution in [-0.2, 0) is 6.54 Å². The van der Waals surface area contributed by atoms with Crippen molar-refractivity contribution in [1.82, 2.24) is 24.5 Å². The van der Waals surface area contributed by atoms with Crippen LogP contribution < -0.4 is 11.0 Å². The molecule has 4 rings (SSSR count). The summed E-state index contributed by atoms with van der Waals surface area (Å²) >= 11 is 3.48. The lowest BCUT2D eigenvalue weighted by atomic mass is 10.2. The van der Waals surface area contributed by atoms with E-state index in [1.807, 2.05) is 30.3 Å². The first kappa shape index (κ1) is 16.6. The number of rotatable bonds is 5. The fourth-order valence-electron chi connectivity index (χ4n) is 2.90. The molecule has 0 aliphatic rings. The highest BCUT2D eigenvalue weighted by atomic mass is 79.9. The Balaban J connectivity index is 1.39. The van der Waals surface area contributed by atoms with Crippen molar-refractivity contribution in [2.45, 2.75) is 13.0 Å². The van der Waals surface area contributed by atoms with Crippen LogP contribution in [0.15, 0.2) is 57.9 Å². The van der Waals surface area contributed by atoms with Crippen molar-refractivity contribution in [2.75, 3.05) is 6.54 Å². The summed E-state index contributed by atoms with van der Waals surface area (Å²) in [4.78, 5) is 27.7. The molecule has 0 atom stereocenters. The second kappa shape index (κ2) is 6.80. The van der Waals surface area contributed by atoms with Gasteiger partial charge in [-0.15, -0.1) is 5.10 Å². The van der Waals surface area contributed by atoms with Crippen molar-refractivity contribution in [2.24, 2.45) is 0 Å². The summed E-state index contributed by atoms with van der Waals surface area (Å²) in [5.41, 5.74) is 1.84. The molecule has 0 bridgehead atoms. The van der Waals surface area contributed by atoms with E-state index >= 15 is 0 Å². The molecular weight excluding hydrogens is 398 g/mol. The number of nitrogens with one attached hydrogen (secondary N) is 2. The lowest BCUT2D eigenvalue weighted by Crippen LogP contribution is -2.27. The topological polar surface area (TPSA) is 84.2 Å². The SMILES string of the molecule is O=C(NCCCn1nc2ccccn2c1=O)c1[nH]c2ccccc2c1Br. The van der Waals surface area contributed by atoms with Crippen molar-refractivity contribution in [3.05, 3.63) is 69.3 Å². The van der Waals surface area contributed by atoms with Gasteiger partial charge in [0.25, 0.3) is 5.91 Å². The summed E-state index contributed by atoms with van der Waals surface area (Å²) in [7, 11) is 0. The first-order valence-electron chi connectivity index (χ1n) is 8.24. The molecule has 0 saturated carbocycles. The van der Waals surface area contributed by atoms with Gasteiger partial charge in [0.15, 0.2) is 5.65 Å². The molecule has 0 aliphatic carbocycles. The van der Waals surface area contributed by atoms with Gasteiger partial charge in [-0.05, 0) is 40.5 Å². The van der Waals surface area contributed by atoms with Gasteiger partial charge in [-0.1, -0.05) is 24.3 Å². The van der Waals surface area contributed by atoms with Crippen LogP contribution in [0.2, 0.25) is 0 Å². The molecule has 3 heterocycles. The van der Waals surface area contributed by atoms with Crippen LogP contribution in [0.4, 0.5) is 0 Å². The van der Waals surface area contributed by atoms with E-state index in [0.717, 1.165) is 15.4 Å². The van der Waals surface area contributed by atoms with Gasteiger partial charge in [-0.3, -0.25) is 9.20 Å². The highest BCUT2D eigenvalue weighted by molar-refractivity contribution is 9.10. The van der Waals surface area contributed by atoms with Gasteiger partial charge in [0.1, 0.15) is 5.69 Å². The molecule has 2 N–H and O–H groups in total. The molecule has 1 aromatic carbocycles. The van der Waals surface area contributed by atoms with E-state index in [-0.39, 0.29) is 11.6 Å². The quantitative estimate of drug-likeness (QED) is 0.493. The number of aryl methyl sites for hydroxylation is 1. The van der Waals surface area contributed by atoms with E-state index in [1.54, 1.807) is 18.3 Å². The number of carbonyl (C=O) groups is 1. The summed E-state index contributed by atoms with van der Waals surface area (Å²) in [6, 6.07) is 13.1. The molecule has 26 heavy (non-hydrogen) atoms. The minimum atomic E-state index is -0.185. The molecule has 1 amide bonds. The van der Waals surface area contributed by atoms with Crippen molar-refractivity contribution in [3.8, 4) is 0 Å². The number of fused-ring (bicyclic) bond motifs is 2. The number of aromatic amines is 1. The van der Waals surface area contributed by atoms with E-state index in [4.69, 9.17) is 0 Å². The van der Waals surface area contributed by atoms with Gasteiger partial charge >= 0.3 is 5.69 Å². The molecule has 0 saturated heterocycles. The minimum absolute atomic E-state index is 0.176. The predicted octanol–water partition coefficient (Wildman–Crippen LogP) is 2.56. The van der Waals surface area contributed by atoms with Gasteiger partial charge in [0, 0.05) is 30.2 Å². The van der Waals surface area contributed by atoms with Crippen molar-refractivity contribution >= 4 is 38.4 Å². The number of carbonyl (C=O) groups excluding carboxylic acids is 1. The maximum atomic E-state index is 12.4. The number of benzene rings is 1.